The molecule has 1 aliphatic heterocycles. The SMILES string of the molecule is C#CCNC(=O)CCCCCOCCOC.NCC1=CN(CC2=CCCC=C2)NN1. The van der Waals surface area contributed by atoms with Gasteiger partial charge in [-0.15, -0.1) is 12.0 Å². The molecule has 2 rings (SSSR count). The number of hydrogen-bond donors (Lipinski definition) is 4. The summed E-state index contributed by atoms with van der Waals surface area (Å²) >= 11 is 0. The molecule has 0 aromatic heterocycles. The zero-order chi connectivity index (χ0) is 21.9. The monoisotopic (exact) mass is 419 g/mol. The van der Waals surface area contributed by atoms with Gasteiger partial charge in [-0.25, -0.2) is 0 Å². The molecular weight excluding hydrogens is 382 g/mol. The highest BCUT2D eigenvalue weighted by molar-refractivity contribution is 5.76. The highest BCUT2D eigenvalue weighted by Crippen LogP contribution is 2.11. The Balaban J connectivity index is 0.000000301. The van der Waals surface area contributed by atoms with Gasteiger partial charge in [0.2, 0.25) is 5.91 Å². The lowest BCUT2D eigenvalue weighted by Crippen LogP contribution is -2.38. The lowest BCUT2D eigenvalue weighted by molar-refractivity contribution is -0.120. The van der Waals surface area contributed by atoms with Crippen molar-refractivity contribution in [2.45, 2.75) is 38.5 Å². The molecule has 8 heteroatoms. The van der Waals surface area contributed by atoms with Crippen LogP contribution >= 0.6 is 0 Å². The topological polar surface area (TPSA) is 101 Å². The third-order valence-electron chi connectivity index (χ3n) is 4.33. The number of ether oxygens (including phenoxy) is 2. The molecule has 0 saturated carbocycles. The Bertz CT molecular complexity index is 610. The average molecular weight is 420 g/mol. The second kappa shape index (κ2) is 17.5. The molecule has 5 N–H and O–H groups in total. The van der Waals surface area contributed by atoms with Crippen LogP contribution in [0.15, 0.2) is 35.7 Å². The van der Waals surface area contributed by atoms with E-state index >= 15 is 0 Å². The largest absolute Gasteiger partial charge is 0.382 e. The summed E-state index contributed by atoms with van der Waals surface area (Å²) in [5.74, 6) is 2.39. The normalized spacial score (nSPS) is 14.8. The van der Waals surface area contributed by atoms with Crippen LogP contribution in [0.1, 0.15) is 38.5 Å². The van der Waals surface area contributed by atoms with E-state index in [0.717, 1.165) is 44.5 Å². The van der Waals surface area contributed by atoms with Crippen LogP contribution in [0.5, 0.6) is 0 Å². The number of unbranched alkanes of at least 4 members (excludes halogenated alkanes) is 2. The summed E-state index contributed by atoms with van der Waals surface area (Å²) in [4.78, 5) is 11.1. The molecule has 2 aliphatic rings. The number of carbonyl (C=O) groups excluding carboxylic acids is 1. The third kappa shape index (κ3) is 13.0. The molecule has 0 bridgehead atoms. The average Bonchev–Trinajstić information content (AvgIpc) is 3.23. The van der Waals surface area contributed by atoms with Gasteiger partial charge >= 0.3 is 0 Å². The quantitative estimate of drug-likeness (QED) is 0.264. The summed E-state index contributed by atoms with van der Waals surface area (Å²) < 4.78 is 10.1. The molecule has 168 valence electrons. The summed E-state index contributed by atoms with van der Waals surface area (Å²) in [7, 11) is 1.65. The van der Waals surface area contributed by atoms with Gasteiger partial charge in [0.05, 0.1) is 32.0 Å². The predicted octanol–water partition coefficient (Wildman–Crippen LogP) is 1.35. The minimum Gasteiger partial charge on any atom is -0.382 e. The van der Waals surface area contributed by atoms with E-state index < -0.39 is 0 Å². The van der Waals surface area contributed by atoms with Gasteiger partial charge in [-0.05, 0) is 31.3 Å². The maximum absolute atomic E-state index is 11.1. The van der Waals surface area contributed by atoms with Crippen LogP contribution in [0.3, 0.4) is 0 Å². The number of nitrogens with zero attached hydrogens (tertiary/aromatic N) is 1. The summed E-state index contributed by atoms with van der Waals surface area (Å²) in [6.07, 6.45) is 19.4. The van der Waals surface area contributed by atoms with Crippen molar-refractivity contribution in [2.24, 2.45) is 5.73 Å². The molecule has 0 atom stereocenters. The van der Waals surface area contributed by atoms with E-state index in [9.17, 15) is 4.79 Å². The number of terminal acetylenes is 1. The van der Waals surface area contributed by atoms with Crippen molar-refractivity contribution in [1.82, 2.24) is 21.3 Å². The van der Waals surface area contributed by atoms with Crippen LogP contribution in [0, 0.1) is 12.3 Å². The van der Waals surface area contributed by atoms with Gasteiger partial charge in [0, 0.05) is 32.9 Å². The second-order valence-electron chi connectivity index (χ2n) is 6.88. The highest BCUT2D eigenvalue weighted by Gasteiger charge is 2.10. The Morgan fingerprint density at radius 1 is 1.30 bits per heavy atom. The maximum Gasteiger partial charge on any atom is 0.220 e. The summed E-state index contributed by atoms with van der Waals surface area (Å²) in [5.41, 5.74) is 13.9. The fraction of sp³-hybridized carbons (Fsp3) is 0.591. The van der Waals surface area contributed by atoms with Crippen LogP contribution in [0.25, 0.3) is 0 Å². The van der Waals surface area contributed by atoms with Crippen molar-refractivity contribution in [3.63, 3.8) is 0 Å². The van der Waals surface area contributed by atoms with E-state index in [2.05, 4.69) is 40.4 Å². The van der Waals surface area contributed by atoms with E-state index in [1.807, 2.05) is 11.2 Å². The van der Waals surface area contributed by atoms with Crippen LogP contribution in [0.2, 0.25) is 0 Å². The Labute approximate surface area is 180 Å². The van der Waals surface area contributed by atoms with Crippen LogP contribution in [-0.4, -0.2) is 57.5 Å². The lowest BCUT2D eigenvalue weighted by Gasteiger charge is -2.16. The lowest BCUT2D eigenvalue weighted by atomic mass is 10.1. The Morgan fingerprint density at radius 2 is 2.17 bits per heavy atom. The number of nitrogens with two attached hydrogens (primary N) is 1. The first-order valence-electron chi connectivity index (χ1n) is 10.5. The van der Waals surface area contributed by atoms with Gasteiger partial charge in [-0.3, -0.25) is 9.80 Å². The first-order chi connectivity index (χ1) is 14.7. The number of hydrazine groups is 2. The Morgan fingerprint density at radius 3 is 2.83 bits per heavy atom. The number of methoxy groups -OCH3 is 1. The molecule has 0 saturated heterocycles. The number of allylic oxidation sites excluding steroid dienone is 2. The van der Waals surface area contributed by atoms with Gasteiger partial charge in [0.15, 0.2) is 0 Å². The van der Waals surface area contributed by atoms with E-state index in [1.54, 1.807) is 7.11 Å². The first-order valence-corrected chi connectivity index (χ1v) is 10.5. The van der Waals surface area contributed by atoms with Gasteiger partial charge in [0.1, 0.15) is 0 Å². The number of amides is 1. The summed E-state index contributed by atoms with van der Waals surface area (Å²) in [6, 6.07) is 0. The van der Waals surface area contributed by atoms with Crippen LogP contribution in [0.4, 0.5) is 0 Å². The van der Waals surface area contributed by atoms with Crippen LogP contribution in [-0.2, 0) is 14.3 Å². The van der Waals surface area contributed by atoms with E-state index in [-0.39, 0.29) is 5.91 Å². The third-order valence-corrected chi connectivity index (χ3v) is 4.33. The number of hydrogen-bond acceptors (Lipinski definition) is 7. The number of carbonyl (C=O) groups is 1. The Kier molecular flexibility index (Phi) is 15.0. The van der Waals surface area contributed by atoms with Crippen molar-refractivity contribution in [3.8, 4) is 12.3 Å². The molecule has 0 aromatic rings. The van der Waals surface area contributed by atoms with Gasteiger partial charge in [-0.1, -0.05) is 30.6 Å². The molecular formula is C22H37N5O3. The van der Waals surface area contributed by atoms with Gasteiger partial charge < -0.3 is 25.9 Å². The van der Waals surface area contributed by atoms with Crippen molar-refractivity contribution in [1.29, 1.82) is 0 Å². The van der Waals surface area contributed by atoms with Crippen molar-refractivity contribution < 1.29 is 14.3 Å². The van der Waals surface area contributed by atoms with Crippen molar-refractivity contribution in [3.05, 3.63) is 35.7 Å². The minimum atomic E-state index is 0.0262. The van der Waals surface area contributed by atoms with Gasteiger partial charge in [-0.2, -0.15) is 0 Å². The zero-order valence-electron chi connectivity index (χ0n) is 18.1. The molecule has 0 spiro atoms. The molecule has 1 aliphatic carbocycles. The van der Waals surface area contributed by atoms with Crippen molar-refractivity contribution >= 4 is 5.91 Å². The predicted molar refractivity (Wildman–Crippen MR) is 120 cm³/mol. The highest BCUT2D eigenvalue weighted by atomic mass is 16.5. The Hall–Kier alpha value is -2.31. The smallest absolute Gasteiger partial charge is 0.220 e. The van der Waals surface area contributed by atoms with Gasteiger partial charge in [0.25, 0.3) is 0 Å². The van der Waals surface area contributed by atoms with Crippen LogP contribution < -0.4 is 22.0 Å². The number of nitrogens with one attached hydrogen (secondary N) is 3. The molecule has 0 unspecified atom stereocenters. The molecule has 0 aromatic carbocycles. The van der Waals surface area contributed by atoms with Crippen molar-refractivity contribution in [2.75, 3.05) is 46.6 Å². The molecule has 0 fully saturated rings. The first kappa shape index (κ1) is 25.7. The fourth-order valence-electron chi connectivity index (χ4n) is 2.72. The minimum absolute atomic E-state index is 0.0262. The fourth-order valence-corrected chi connectivity index (χ4v) is 2.72. The molecule has 8 nitrogen and oxygen atoms in total. The molecule has 0 radical (unpaired) electrons. The molecule has 1 heterocycles. The summed E-state index contributed by atoms with van der Waals surface area (Å²) in [6.45, 7) is 3.74. The second-order valence-corrected chi connectivity index (χ2v) is 6.88. The zero-order valence-corrected chi connectivity index (χ0v) is 18.1. The van der Waals surface area contributed by atoms with E-state index in [1.165, 1.54) is 12.0 Å². The summed E-state index contributed by atoms with van der Waals surface area (Å²) in [5, 5.41) is 4.63. The molecule has 1 amide bonds. The van der Waals surface area contributed by atoms with E-state index in [4.69, 9.17) is 21.6 Å². The standard InChI is InChI=1S/C12H21NO3.C10H16N4/c1-3-8-13-12(14)7-5-4-6-9-16-11-10-15-2;11-6-10-8-14(13-12-10)7-9-4-2-1-3-5-9/h1H,4-11H2,2H3,(H,13,14);2,4-5,8,12-13H,1,3,6-7,11H2. The molecule has 30 heavy (non-hydrogen) atoms. The number of rotatable bonds is 13. The van der Waals surface area contributed by atoms with E-state index in [0.29, 0.717) is 32.7 Å². The maximum atomic E-state index is 11.1.